The van der Waals surface area contributed by atoms with Gasteiger partial charge in [0.1, 0.15) is 4.90 Å². The summed E-state index contributed by atoms with van der Waals surface area (Å²) in [6, 6.07) is 5.18. The minimum Gasteiger partial charge on any atom is -0.397 e. The molecule has 1 aliphatic heterocycles. The molecule has 0 aromatic heterocycles. The molecule has 20 heavy (non-hydrogen) atoms. The number of nitrogens with zero attached hydrogens (tertiary/aromatic N) is 1. The molecule has 1 heterocycles. The summed E-state index contributed by atoms with van der Waals surface area (Å²) in [6.45, 7) is 1.51. The first kappa shape index (κ1) is 15.6. The average molecular weight is 316 g/mol. The molecule has 1 fully saturated rings. The van der Waals surface area contributed by atoms with E-state index in [2.05, 4.69) is 0 Å². The third-order valence-corrected chi connectivity index (χ3v) is 6.53. The van der Waals surface area contributed by atoms with Crippen LogP contribution < -0.4 is 5.73 Å². The van der Waals surface area contributed by atoms with Crippen LogP contribution in [0.5, 0.6) is 0 Å². The molecular weight excluding hydrogens is 296 g/mol. The number of rotatable bonds is 4. The van der Waals surface area contributed by atoms with E-state index < -0.39 is 10.0 Å². The Kier molecular flexibility index (Phi) is 4.95. The number of benzene rings is 1. The van der Waals surface area contributed by atoms with Crippen molar-refractivity contribution in [2.24, 2.45) is 0 Å². The zero-order valence-electron chi connectivity index (χ0n) is 11.7. The first-order chi connectivity index (χ1) is 9.43. The van der Waals surface area contributed by atoms with E-state index in [0.717, 1.165) is 31.0 Å². The summed E-state index contributed by atoms with van der Waals surface area (Å²) in [7, 11) is -0.487. The number of ether oxygens (including phenoxy) is 1. The third-order valence-electron chi connectivity index (χ3n) is 3.25. The van der Waals surface area contributed by atoms with Crippen LogP contribution in [0.25, 0.3) is 0 Å². The van der Waals surface area contributed by atoms with Gasteiger partial charge >= 0.3 is 0 Å². The summed E-state index contributed by atoms with van der Waals surface area (Å²) < 4.78 is 30.9. The Balaban J connectivity index is 2.27. The maximum absolute atomic E-state index is 12.2. The van der Waals surface area contributed by atoms with Crippen LogP contribution in [0, 0.1) is 0 Å². The molecule has 0 amide bonds. The molecule has 0 unspecified atom stereocenters. The number of para-hydroxylation sites is 1. The molecule has 0 radical (unpaired) electrons. The molecule has 2 rings (SSSR count). The average Bonchev–Trinajstić information content (AvgIpc) is 2.42. The highest BCUT2D eigenvalue weighted by Crippen LogP contribution is 2.36. The zero-order chi connectivity index (χ0) is 14.8. The minimum absolute atomic E-state index is 0.180. The fraction of sp³-hybridized carbons (Fsp3) is 0.538. The van der Waals surface area contributed by atoms with E-state index in [1.807, 2.05) is 6.07 Å². The third kappa shape index (κ3) is 3.28. The lowest BCUT2D eigenvalue weighted by molar-refractivity contribution is 0.100. The van der Waals surface area contributed by atoms with Crippen LogP contribution >= 0.6 is 11.8 Å². The van der Waals surface area contributed by atoms with Crippen molar-refractivity contribution in [1.29, 1.82) is 0 Å². The Morgan fingerprint density at radius 2 is 1.95 bits per heavy atom. The number of hydrogen-bond donors (Lipinski definition) is 1. The van der Waals surface area contributed by atoms with Gasteiger partial charge in [0, 0.05) is 37.5 Å². The van der Waals surface area contributed by atoms with E-state index in [4.69, 9.17) is 10.5 Å². The number of sulfonamides is 1. The lowest BCUT2D eigenvalue weighted by atomic mass is 10.2. The van der Waals surface area contributed by atoms with Crippen LogP contribution in [0.3, 0.4) is 0 Å². The molecule has 0 atom stereocenters. The predicted molar refractivity (Wildman–Crippen MR) is 81.4 cm³/mol. The Bertz CT molecular complexity index is 567. The molecular formula is C13H20N2O3S2. The molecule has 1 saturated heterocycles. The van der Waals surface area contributed by atoms with E-state index in [9.17, 15) is 8.42 Å². The lowest BCUT2D eigenvalue weighted by Gasteiger charge is -2.22. The van der Waals surface area contributed by atoms with Crippen LogP contribution in [0.2, 0.25) is 0 Å². The van der Waals surface area contributed by atoms with Crippen LogP contribution in [0.4, 0.5) is 5.69 Å². The molecule has 112 valence electrons. The van der Waals surface area contributed by atoms with E-state index in [-0.39, 0.29) is 4.90 Å². The number of nitrogens with two attached hydrogens (primary N) is 1. The van der Waals surface area contributed by atoms with Gasteiger partial charge in [-0.1, -0.05) is 6.07 Å². The fourth-order valence-electron chi connectivity index (χ4n) is 2.02. The molecule has 0 saturated carbocycles. The highest BCUT2D eigenvalue weighted by molar-refractivity contribution is 8.00. The van der Waals surface area contributed by atoms with Gasteiger partial charge in [0.15, 0.2) is 0 Å². The highest BCUT2D eigenvalue weighted by Gasteiger charge is 2.23. The molecule has 1 aromatic rings. The second kappa shape index (κ2) is 6.34. The summed E-state index contributed by atoms with van der Waals surface area (Å²) in [6.07, 6.45) is 1.93. The summed E-state index contributed by atoms with van der Waals surface area (Å²) in [5.74, 6) is 0. The molecule has 1 aliphatic rings. The van der Waals surface area contributed by atoms with Crippen molar-refractivity contribution < 1.29 is 13.2 Å². The monoisotopic (exact) mass is 316 g/mol. The Labute approximate surface area is 124 Å². The number of hydrogen-bond acceptors (Lipinski definition) is 5. The van der Waals surface area contributed by atoms with Gasteiger partial charge in [0.2, 0.25) is 10.0 Å². The van der Waals surface area contributed by atoms with E-state index in [1.54, 1.807) is 23.9 Å². The second-order valence-electron chi connectivity index (χ2n) is 4.88. The Morgan fingerprint density at radius 3 is 2.55 bits per heavy atom. The van der Waals surface area contributed by atoms with Gasteiger partial charge in [0.25, 0.3) is 0 Å². The van der Waals surface area contributed by atoms with Gasteiger partial charge in [-0.3, -0.25) is 0 Å². The van der Waals surface area contributed by atoms with Crippen molar-refractivity contribution in [3.05, 3.63) is 18.2 Å². The molecule has 0 aliphatic carbocycles. The van der Waals surface area contributed by atoms with E-state index >= 15 is 0 Å². The van der Waals surface area contributed by atoms with Crippen LogP contribution in [-0.2, 0) is 14.8 Å². The maximum atomic E-state index is 12.2. The topological polar surface area (TPSA) is 72.6 Å². The molecule has 1 aromatic carbocycles. The van der Waals surface area contributed by atoms with Crippen molar-refractivity contribution in [1.82, 2.24) is 4.31 Å². The van der Waals surface area contributed by atoms with Crippen molar-refractivity contribution >= 4 is 27.5 Å². The second-order valence-corrected chi connectivity index (χ2v) is 8.35. The first-order valence-electron chi connectivity index (χ1n) is 6.48. The molecule has 0 bridgehead atoms. The normalized spacial score (nSPS) is 17.6. The van der Waals surface area contributed by atoms with E-state index in [0.29, 0.717) is 10.9 Å². The summed E-state index contributed by atoms with van der Waals surface area (Å²) in [5.41, 5.74) is 6.41. The quantitative estimate of drug-likeness (QED) is 0.857. The van der Waals surface area contributed by atoms with Gasteiger partial charge in [-0.15, -0.1) is 11.8 Å². The van der Waals surface area contributed by atoms with Crippen molar-refractivity contribution in [3.63, 3.8) is 0 Å². The lowest BCUT2D eigenvalue weighted by Crippen LogP contribution is -2.23. The molecule has 2 N–H and O–H groups in total. The summed E-state index contributed by atoms with van der Waals surface area (Å²) >= 11 is 1.65. The van der Waals surface area contributed by atoms with Crippen molar-refractivity contribution in [2.75, 3.05) is 33.0 Å². The molecule has 0 spiro atoms. The SMILES string of the molecule is CN(C)S(=O)(=O)c1cccc(SC2CCOCC2)c1N. The largest absolute Gasteiger partial charge is 0.397 e. The van der Waals surface area contributed by atoms with Crippen LogP contribution in [-0.4, -0.2) is 45.3 Å². The van der Waals surface area contributed by atoms with Crippen LogP contribution in [0.15, 0.2) is 28.0 Å². The van der Waals surface area contributed by atoms with Crippen molar-refractivity contribution in [2.45, 2.75) is 27.9 Å². The minimum atomic E-state index is -3.50. The smallest absolute Gasteiger partial charge is 0.244 e. The van der Waals surface area contributed by atoms with E-state index in [1.165, 1.54) is 18.4 Å². The number of thioether (sulfide) groups is 1. The first-order valence-corrected chi connectivity index (χ1v) is 8.80. The predicted octanol–water partition coefficient (Wildman–Crippen LogP) is 1.79. The van der Waals surface area contributed by atoms with Gasteiger partial charge in [0.05, 0.1) is 5.69 Å². The van der Waals surface area contributed by atoms with Gasteiger partial charge < -0.3 is 10.5 Å². The van der Waals surface area contributed by atoms with Gasteiger partial charge in [-0.2, -0.15) is 0 Å². The van der Waals surface area contributed by atoms with Gasteiger partial charge in [-0.25, -0.2) is 12.7 Å². The van der Waals surface area contributed by atoms with Crippen molar-refractivity contribution in [3.8, 4) is 0 Å². The standard InChI is InChI=1S/C13H20N2O3S2/c1-15(2)20(16,17)12-5-3-4-11(13(12)14)19-10-6-8-18-9-7-10/h3-5,10H,6-9,14H2,1-2H3. The summed E-state index contributed by atoms with van der Waals surface area (Å²) in [5, 5.41) is 0.434. The maximum Gasteiger partial charge on any atom is 0.244 e. The molecule has 7 heteroatoms. The number of nitrogen functional groups attached to an aromatic ring is 1. The fourth-order valence-corrected chi connectivity index (χ4v) is 4.30. The van der Waals surface area contributed by atoms with Gasteiger partial charge in [-0.05, 0) is 25.0 Å². The highest BCUT2D eigenvalue weighted by atomic mass is 32.2. The summed E-state index contributed by atoms with van der Waals surface area (Å²) in [4.78, 5) is 1.01. The number of anilines is 1. The van der Waals surface area contributed by atoms with Crippen LogP contribution in [0.1, 0.15) is 12.8 Å². The Morgan fingerprint density at radius 1 is 1.30 bits per heavy atom. The zero-order valence-corrected chi connectivity index (χ0v) is 13.3. The Hall–Kier alpha value is -0.760. The molecule has 5 nitrogen and oxygen atoms in total.